The number of fused-ring (bicyclic) bond motifs is 3. The van der Waals surface area contributed by atoms with Crippen LogP contribution in [0.15, 0.2) is 18.5 Å². The third-order valence-corrected chi connectivity index (χ3v) is 4.79. The molecule has 2 N–H and O–H groups in total. The average Bonchev–Trinajstić information content (AvgIpc) is 2.87. The molecule has 0 spiro atoms. The summed E-state index contributed by atoms with van der Waals surface area (Å²) in [5.74, 6) is 1.58. The molecule has 3 aromatic rings. The number of aromatic nitrogens is 4. The van der Waals surface area contributed by atoms with Gasteiger partial charge in [-0.1, -0.05) is 0 Å². The Morgan fingerprint density at radius 2 is 1.80 bits per heavy atom. The zero-order chi connectivity index (χ0) is 13.5. The molecule has 0 bridgehead atoms. The lowest BCUT2D eigenvalue weighted by Gasteiger charge is -2.10. The molecule has 1 aliphatic carbocycles. The van der Waals surface area contributed by atoms with Gasteiger partial charge in [0.15, 0.2) is 5.82 Å². The van der Waals surface area contributed by atoms with E-state index in [1.807, 2.05) is 0 Å². The summed E-state index contributed by atoms with van der Waals surface area (Å²) in [6, 6.07) is 1.77. The van der Waals surface area contributed by atoms with Gasteiger partial charge in [0.05, 0.1) is 5.39 Å². The fourth-order valence-corrected chi connectivity index (χ4v) is 3.97. The molecule has 6 heteroatoms. The Morgan fingerprint density at radius 1 is 1.00 bits per heavy atom. The molecule has 0 atom stereocenters. The van der Waals surface area contributed by atoms with Crippen molar-refractivity contribution >= 4 is 27.4 Å². The zero-order valence-electron chi connectivity index (χ0n) is 10.8. The van der Waals surface area contributed by atoms with Crippen molar-refractivity contribution in [3.05, 3.63) is 28.9 Å². The van der Waals surface area contributed by atoms with Gasteiger partial charge in [-0.15, -0.1) is 11.3 Å². The number of hydrogen-bond donors (Lipinski definition) is 1. The molecule has 100 valence electrons. The van der Waals surface area contributed by atoms with E-state index >= 15 is 0 Å². The van der Waals surface area contributed by atoms with E-state index in [4.69, 9.17) is 5.73 Å². The summed E-state index contributed by atoms with van der Waals surface area (Å²) in [6.45, 7) is 0. The van der Waals surface area contributed by atoms with Crippen LogP contribution in [0.2, 0.25) is 0 Å². The van der Waals surface area contributed by atoms with Crippen LogP contribution in [-0.2, 0) is 12.8 Å². The van der Waals surface area contributed by atoms with E-state index in [1.165, 1.54) is 23.3 Å². The van der Waals surface area contributed by atoms with E-state index < -0.39 is 0 Å². The predicted molar refractivity (Wildman–Crippen MR) is 79.5 cm³/mol. The van der Waals surface area contributed by atoms with Gasteiger partial charge in [0.25, 0.3) is 0 Å². The van der Waals surface area contributed by atoms with Crippen molar-refractivity contribution in [3.63, 3.8) is 0 Å². The summed E-state index contributed by atoms with van der Waals surface area (Å²) in [4.78, 5) is 19.8. The average molecular weight is 283 g/mol. The Hall–Kier alpha value is -2.08. The smallest absolute Gasteiger partial charge is 0.201 e. The zero-order valence-corrected chi connectivity index (χ0v) is 11.7. The molecular formula is C14H13N5S. The van der Waals surface area contributed by atoms with Crippen molar-refractivity contribution in [1.82, 2.24) is 19.9 Å². The summed E-state index contributed by atoms with van der Waals surface area (Å²) in [6.07, 6.45) is 8.07. The number of nitrogens with zero attached hydrogens (tertiary/aromatic N) is 4. The Bertz CT molecular complexity index is 781. The summed E-state index contributed by atoms with van der Waals surface area (Å²) < 4.78 is 0. The maximum atomic E-state index is 6.16. The molecule has 20 heavy (non-hydrogen) atoms. The van der Waals surface area contributed by atoms with Gasteiger partial charge in [-0.3, -0.25) is 0 Å². The highest BCUT2D eigenvalue weighted by molar-refractivity contribution is 7.19. The SMILES string of the molecule is Nc1nc(-c2ncccn2)nc2sc3c(c12)CCCC3. The molecule has 0 unspecified atom stereocenters. The third kappa shape index (κ3) is 1.76. The minimum atomic E-state index is 0.509. The van der Waals surface area contributed by atoms with Crippen LogP contribution in [0.1, 0.15) is 23.3 Å². The van der Waals surface area contributed by atoms with Crippen molar-refractivity contribution in [1.29, 1.82) is 0 Å². The fourth-order valence-electron chi connectivity index (χ4n) is 2.70. The second-order valence-corrected chi connectivity index (χ2v) is 5.98. The van der Waals surface area contributed by atoms with Crippen molar-refractivity contribution in [2.75, 3.05) is 5.73 Å². The maximum absolute atomic E-state index is 6.16. The molecular weight excluding hydrogens is 270 g/mol. The van der Waals surface area contributed by atoms with Crippen LogP contribution < -0.4 is 5.73 Å². The summed E-state index contributed by atoms with van der Waals surface area (Å²) >= 11 is 1.74. The Labute approximate surface area is 119 Å². The quantitative estimate of drug-likeness (QED) is 0.742. The standard InChI is InChI=1S/C14H13N5S/c15-11-10-8-4-1-2-5-9(8)20-14(10)19-13(18-11)12-16-6-3-7-17-12/h3,6-7H,1-2,4-5H2,(H2,15,18,19). The van der Waals surface area contributed by atoms with Crippen LogP contribution in [0.3, 0.4) is 0 Å². The Morgan fingerprint density at radius 3 is 2.65 bits per heavy atom. The number of aryl methyl sites for hydroxylation is 2. The summed E-state index contributed by atoms with van der Waals surface area (Å²) in [5.41, 5.74) is 7.52. The molecule has 0 saturated carbocycles. The lowest BCUT2D eigenvalue weighted by atomic mass is 9.97. The fraction of sp³-hybridized carbons (Fsp3) is 0.286. The van der Waals surface area contributed by atoms with Crippen LogP contribution in [0.25, 0.3) is 21.9 Å². The monoisotopic (exact) mass is 283 g/mol. The maximum Gasteiger partial charge on any atom is 0.201 e. The first kappa shape index (κ1) is 11.7. The van der Waals surface area contributed by atoms with Crippen LogP contribution in [0, 0.1) is 0 Å². The minimum absolute atomic E-state index is 0.509. The lowest BCUT2D eigenvalue weighted by Crippen LogP contribution is -2.02. The number of nitrogens with two attached hydrogens (primary N) is 1. The van der Waals surface area contributed by atoms with Crippen molar-refractivity contribution in [2.24, 2.45) is 0 Å². The predicted octanol–water partition coefficient (Wildman–Crippen LogP) is 2.61. The Kier molecular flexibility index (Phi) is 2.63. The highest BCUT2D eigenvalue weighted by Crippen LogP contribution is 2.38. The van der Waals surface area contributed by atoms with Gasteiger partial charge in [0.1, 0.15) is 10.6 Å². The molecule has 0 aromatic carbocycles. The largest absolute Gasteiger partial charge is 0.383 e. The second kappa shape index (κ2) is 4.49. The van der Waals surface area contributed by atoms with Crippen LogP contribution >= 0.6 is 11.3 Å². The molecule has 5 nitrogen and oxygen atoms in total. The molecule has 1 aliphatic rings. The lowest BCUT2D eigenvalue weighted by molar-refractivity contribution is 0.700. The first-order chi connectivity index (χ1) is 9.83. The first-order valence-corrected chi connectivity index (χ1v) is 7.50. The summed E-state index contributed by atoms with van der Waals surface area (Å²) in [7, 11) is 0. The molecule has 4 rings (SSSR count). The van der Waals surface area contributed by atoms with Gasteiger partial charge in [-0.25, -0.2) is 19.9 Å². The van der Waals surface area contributed by atoms with E-state index in [1.54, 1.807) is 29.8 Å². The van der Waals surface area contributed by atoms with Crippen LogP contribution in [0.4, 0.5) is 5.82 Å². The van der Waals surface area contributed by atoms with Gasteiger partial charge in [0, 0.05) is 17.3 Å². The van der Waals surface area contributed by atoms with Crippen molar-refractivity contribution in [2.45, 2.75) is 25.7 Å². The van der Waals surface area contributed by atoms with E-state index in [9.17, 15) is 0 Å². The minimum Gasteiger partial charge on any atom is -0.383 e. The van der Waals surface area contributed by atoms with Crippen LogP contribution in [-0.4, -0.2) is 19.9 Å². The third-order valence-electron chi connectivity index (χ3n) is 3.61. The molecule has 3 aromatic heterocycles. The van der Waals surface area contributed by atoms with E-state index in [2.05, 4.69) is 19.9 Å². The van der Waals surface area contributed by atoms with Gasteiger partial charge in [-0.2, -0.15) is 0 Å². The molecule has 0 radical (unpaired) electrons. The number of hydrogen-bond acceptors (Lipinski definition) is 6. The van der Waals surface area contributed by atoms with E-state index in [0.29, 0.717) is 17.5 Å². The van der Waals surface area contributed by atoms with Gasteiger partial charge in [-0.05, 0) is 37.3 Å². The van der Waals surface area contributed by atoms with Crippen LogP contribution in [0.5, 0.6) is 0 Å². The first-order valence-electron chi connectivity index (χ1n) is 6.68. The highest BCUT2D eigenvalue weighted by Gasteiger charge is 2.20. The number of thiophene rings is 1. The topological polar surface area (TPSA) is 77.6 Å². The second-order valence-electron chi connectivity index (χ2n) is 4.90. The van der Waals surface area contributed by atoms with Crippen molar-refractivity contribution in [3.8, 4) is 11.6 Å². The number of anilines is 1. The molecule has 0 amide bonds. The van der Waals surface area contributed by atoms with E-state index in [0.717, 1.165) is 23.1 Å². The highest BCUT2D eigenvalue weighted by atomic mass is 32.1. The van der Waals surface area contributed by atoms with E-state index in [-0.39, 0.29) is 0 Å². The molecule has 0 aliphatic heterocycles. The molecule has 3 heterocycles. The van der Waals surface area contributed by atoms with Gasteiger partial charge >= 0.3 is 0 Å². The normalized spacial score (nSPS) is 14.4. The number of nitrogen functional groups attached to an aromatic ring is 1. The van der Waals surface area contributed by atoms with Crippen molar-refractivity contribution < 1.29 is 0 Å². The molecule has 0 fully saturated rings. The van der Waals surface area contributed by atoms with Gasteiger partial charge < -0.3 is 5.73 Å². The van der Waals surface area contributed by atoms with Gasteiger partial charge in [0.2, 0.25) is 5.82 Å². The molecule has 0 saturated heterocycles. The summed E-state index contributed by atoms with van der Waals surface area (Å²) in [5, 5.41) is 1.05. The Balaban J connectivity index is 1.95. The number of rotatable bonds is 1.